The number of rotatable bonds is 4. The van der Waals surface area contributed by atoms with Crippen molar-refractivity contribution in [3.63, 3.8) is 0 Å². The van der Waals surface area contributed by atoms with Crippen LogP contribution in [0, 0.1) is 19.3 Å². The van der Waals surface area contributed by atoms with Crippen LogP contribution in [0.4, 0.5) is 0 Å². The standard InChI is InChI=1S/C16H23NO3S/c1-11-9-13(21-12(11)2)14(18)17-10-16(15(19)20)7-5-3-4-6-8-16/h9H,3-8,10H2,1-2H3,(H,17,18)(H,19,20). The average Bonchev–Trinajstić information content (AvgIpc) is 2.67. The van der Waals surface area contributed by atoms with Gasteiger partial charge < -0.3 is 10.4 Å². The molecule has 0 spiro atoms. The minimum atomic E-state index is -0.784. The summed E-state index contributed by atoms with van der Waals surface area (Å²) >= 11 is 1.46. The van der Waals surface area contributed by atoms with Crippen molar-refractivity contribution >= 4 is 23.2 Å². The summed E-state index contributed by atoms with van der Waals surface area (Å²) in [6, 6.07) is 1.87. The van der Waals surface area contributed by atoms with Crippen LogP contribution in [-0.2, 0) is 4.79 Å². The zero-order valence-electron chi connectivity index (χ0n) is 12.7. The summed E-state index contributed by atoms with van der Waals surface area (Å²) in [5, 5.41) is 12.4. The maximum Gasteiger partial charge on any atom is 0.311 e. The second-order valence-corrected chi connectivity index (χ2v) is 7.29. The summed E-state index contributed by atoms with van der Waals surface area (Å²) in [4.78, 5) is 25.7. The van der Waals surface area contributed by atoms with E-state index < -0.39 is 11.4 Å². The number of carboxylic acid groups (broad SMARTS) is 1. The summed E-state index contributed by atoms with van der Waals surface area (Å²) in [6.45, 7) is 4.20. The Morgan fingerprint density at radius 2 is 1.86 bits per heavy atom. The zero-order chi connectivity index (χ0) is 15.5. The van der Waals surface area contributed by atoms with Crippen molar-refractivity contribution in [3.8, 4) is 0 Å². The largest absolute Gasteiger partial charge is 0.481 e. The minimum absolute atomic E-state index is 0.152. The highest BCUT2D eigenvalue weighted by molar-refractivity contribution is 7.14. The predicted octanol–water partition coefficient (Wildman–Crippen LogP) is 3.52. The Labute approximate surface area is 129 Å². The highest BCUT2D eigenvalue weighted by Crippen LogP contribution is 2.35. The van der Waals surface area contributed by atoms with E-state index in [2.05, 4.69) is 5.32 Å². The van der Waals surface area contributed by atoms with E-state index in [0.29, 0.717) is 17.7 Å². The molecule has 0 unspecified atom stereocenters. The van der Waals surface area contributed by atoms with E-state index in [-0.39, 0.29) is 12.5 Å². The molecule has 5 heteroatoms. The lowest BCUT2D eigenvalue weighted by Crippen LogP contribution is -2.42. The summed E-state index contributed by atoms with van der Waals surface area (Å²) in [5.74, 6) is -0.927. The van der Waals surface area contributed by atoms with Crippen LogP contribution in [0.1, 0.15) is 58.6 Å². The topological polar surface area (TPSA) is 66.4 Å². The van der Waals surface area contributed by atoms with Gasteiger partial charge in [0, 0.05) is 11.4 Å². The molecule has 1 aliphatic carbocycles. The highest BCUT2D eigenvalue weighted by atomic mass is 32.1. The number of nitrogens with one attached hydrogen (secondary N) is 1. The highest BCUT2D eigenvalue weighted by Gasteiger charge is 2.39. The molecule has 21 heavy (non-hydrogen) atoms. The Bertz CT molecular complexity index is 508. The fraction of sp³-hybridized carbons (Fsp3) is 0.625. The van der Waals surface area contributed by atoms with Crippen molar-refractivity contribution < 1.29 is 14.7 Å². The van der Waals surface area contributed by atoms with Crippen molar-refractivity contribution in [2.45, 2.75) is 52.4 Å². The average molecular weight is 309 g/mol. The number of hydrogen-bond donors (Lipinski definition) is 2. The van der Waals surface area contributed by atoms with Gasteiger partial charge in [-0.15, -0.1) is 11.3 Å². The third-order valence-corrected chi connectivity index (χ3v) is 5.64. The number of aryl methyl sites for hydroxylation is 2. The molecule has 1 amide bonds. The van der Waals surface area contributed by atoms with Crippen LogP contribution in [0.2, 0.25) is 0 Å². The van der Waals surface area contributed by atoms with Gasteiger partial charge >= 0.3 is 5.97 Å². The molecule has 0 saturated heterocycles. The van der Waals surface area contributed by atoms with Gasteiger partial charge in [-0.1, -0.05) is 25.7 Å². The maximum absolute atomic E-state index is 12.2. The van der Waals surface area contributed by atoms with E-state index >= 15 is 0 Å². The Kier molecular flexibility index (Phi) is 5.04. The first-order valence-electron chi connectivity index (χ1n) is 7.53. The monoisotopic (exact) mass is 309 g/mol. The summed E-state index contributed by atoms with van der Waals surface area (Å²) < 4.78 is 0. The molecule has 0 aromatic carbocycles. The van der Waals surface area contributed by atoms with E-state index in [9.17, 15) is 14.7 Å². The predicted molar refractivity (Wildman–Crippen MR) is 83.9 cm³/mol. The van der Waals surface area contributed by atoms with Crippen LogP contribution < -0.4 is 5.32 Å². The second kappa shape index (κ2) is 6.60. The van der Waals surface area contributed by atoms with Crippen LogP contribution in [0.3, 0.4) is 0 Å². The summed E-state index contributed by atoms with van der Waals surface area (Å²) in [7, 11) is 0. The number of aliphatic carboxylic acids is 1. The summed E-state index contributed by atoms with van der Waals surface area (Å²) in [5.41, 5.74) is 0.320. The molecular weight excluding hydrogens is 286 g/mol. The maximum atomic E-state index is 12.2. The Morgan fingerprint density at radius 1 is 1.24 bits per heavy atom. The second-order valence-electron chi connectivity index (χ2n) is 6.03. The molecule has 1 aliphatic rings. The molecule has 1 aromatic rings. The van der Waals surface area contributed by atoms with Gasteiger partial charge in [0.05, 0.1) is 10.3 Å². The SMILES string of the molecule is Cc1cc(C(=O)NCC2(C(=O)O)CCCCCC2)sc1C. The van der Waals surface area contributed by atoms with E-state index in [1.807, 2.05) is 19.9 Å². The van der Waals surface area contributed by atoms with Gasteiger partial charge in [0.1, 0.15) is 0 Å². The van der Waals surface area contributed by atoms with Crippen LogP contribution in [0.25, 0.3) is 0 Å². The fourth-order valence-electron chi connectivity index (χ4n) is 2.89. The van der Waals surface area contributed by atoms with Crippen LogP contribution >= 0.6 is 11.3 Å². The van der Waals surface area contributed by atoms with Gasteiger partial charge in [0.25, 0.3) is 5.91 Å². The van der Waals surface area contributed by atoms with E-state index in [1.54, 1.807) is 0 Å². The number of carbonyl (C=O) groups is 2. The van der Waals surface area contributed by atoms with Gasteiger partial charge in [-0.05, 0) is 38.3 Å². The molecule has 1 saturated carbocycles. The lowest BCUT2D eigenvalue weighted by molar-refractivity contribution is -0.149. The van der Waals surface area contributed by atoms with Crippen molar-refractivity contribution in [2.75, 3.05) is 6.54 Å². The third-order valence-electron chi connectivity index (χ3n) is 4.49. The summed E-state index contributed by atoms with van der Waals surface area (Å²) in [6.07, 6.45) is 5.35. The van der Waals surface area contributed by atoms with Crippen LogP contribution in [-0.4, -0.2) is 23.5 Å². The Hall–Kier alpha value is -1.36. The van der Waals surface area contributed by atoms with Gasteiger partial charge in [-0.2, -0.15) is 0 Å². The van der Waals surface area contributed by atoms with Gasteiger partial charge in [0.15, 0.2) is 0 Å². The molecule has 0 aliphatic heterocycles. The molecule has 116 valence electrons. The number of carbonyl (C=O) groups excluding carboxylic acids is 1. The lowest BCUT2D eigenvalue weighted by atomic mass is 9.80. The third kappa shape index (κ3) is 3.64. The minimum Gasteiger partial charge on any atom is -0.481 e. The Balaban J connectivity index is 2.04. The van der Waals surface area contributed by atoms with E-state index in [1.165, 1.54) is 11.3 Å². The molecule has 2 rings (SSSR count). The molecule has 2 N–H and O–H groups in total. The van der Waals surface area contributed by atoms with Crippen molar-refractivity contribution in [3.05, 3.63) is 21.4 Å². The molecule has 1 heterocycles. The van der Waals surface area contributed by atoms with Gasteiger partial charge in [-0.3, -0.25) is 9.59 Å². The molecular formula is C16H23NO3S. The number of hydrogen-bond acceptors (Lipinski definition) is 3. The molecule has 4 nitrogen and oxygen atoms in total. The van der Waals surface area contributed by atoms with Crippen molar-refractivity contribution in [1.82, 2.24) is 5.32 Å². The van der Waals surface area contributed by atoms with E-state index in [0.717, 1.165) is 36.1 Å². The van der Waals surface area contributed by atoms with Crippen LogP contribution in [0.5, 0.6) is 0 Å². The zero-order valence-corrected chi connectivity index (χ0v) is 13.5. The fourth-order valence-corrected chi connectivity index (χ4v) is 3.84. The molecule has 0 radical (unpaired) electrons. The first-order chi connectivity index (χ1) is 9.94. The van der Waals surface area contributed by atoms with Crippen LogP contribution in [0.15, 0.2) is 6.07 Å². The number of amides is 1. The molecule has 0 bridgehead atoms. The first-order valence-corrected chi connectivity index (χ1v) is 8.35. The number of carboxylic acids is 1. The van der Waals surface area contributed by atoms with Gasteiger partial charge in [0.2, 0.25) is 0 Å². The van der Waals surface area contributed by atoms with E-state index in [4.69, 9.17) is 0 Å². The quantitative estimate of drug-likeness (QED) is 0.836. The number of thiophene rings is 1. The lowest BCUT2D eigenvalue weighted by Gasteiger charge is -2.28. The molecule has 1 aromatic heterocycles. The Morgan fingerprint density at radius 3 is 2.33 bits per heavy atom. The smallest absolute Gasteiger partial charge is 0.311 e. The van der Waals surface area contributed by atoms with Gasteiger partial charge in [-0.25, -0.2) is 0 Å². The first kappa shape index (κ1) is 16.0. The molecule has 1 fully saturated rings. The van der Waals surface area contributed by atoms with Crippen molar-refractivity contribution in [2.24, 2.45) is 5.41 Å². The normalized spacial score (nSPS) is 18.0. The molecule has 0 atom stereocenters. The van der Waals surface area contributed by atoms with Crippen molar-refractivity contribution in [1.29, 1.82) is 0 Å².